The highest BCUT2D eigenvalue weighted by Crippen LogP contribution is 2.54. The summed E-state index contributed by atoms with van der Waals surface area (Å²) in [5.41, 5.74) is 1.65. The molecular formula is C21H30ClNO3. The Balaban J connectivity index is 1.73. The van der Waals surface area contributed by atoms with Gasteiger partial charge >= 0.3 is 5.97 Å². The van der Waals surface area contributed by atoms with E-state index in [4.69, 9.17) is 21.1 Å². The van der Waals surface area contributed by atoms with Crippen molar-refractivity contribution in [2.24, 2.45) is 11.3 Å². The van der Waals surface area contributed by atoms with E-state index >= 15 is 0 Å². The normalized spacial score (nSPS) is 21.8. The van der Waals surface area contributed by atoms with E-state index in [2.05, 4.69) is 18.7 Å². The highest BCUT2D eigenvalue weighted by Gasteiger charge is 2.53. The third kappa shape index (κ3) is 4.34. The number of nitrogens with zero attached hydrogens (tertiary/aromatic N) is 1. The van der Waals surface area contributed by atoms with Crippen LogP contribution in [-0.2, 0) is 10.6 Å². The van der Waals surface area contributed by atoms with Crippen LogP contribution in [-0.4, -0.2) is 43.2 Å². The molecule has 3 rings (SSSR count). The minimum absolute atomic E-state index is 0.214. The number of esters is 1. The summed E-state index contributed by atoms with van der Waals surface area (Å²) in [6.07, 6.45) is 3.95. The van der Waals surface area contributed by atoms with Gasteiger partial charge in [0.05, 0.1) is 12.2 Å². The van der Waals surface area contributed by atoms with Gasteiger partial charge in [-0.25, -0.2) is 4.79 Å². The molecule has 26 heavy (non-hydrogen) atoms. The van der Waals surface area contributed by atoms with Crippen molar-refractivity contribution in [3.8, 4) is 5.75 Å². The van der Waals surface area contributed by atoms with Crippen molar-refractivity contribution in [2.45, 2.75) is 52.0 Å². The largest absolute Gasteiger partial charge is 0.489 e. The van der Waals surface area contributed by atoms with Crippen LogP contribution in [0.4, 0.5) is 0 Å². The number of halogens is 1. The van der Waals surface area contributed by atoms with Crippen molar-refractivity contribution in [2.75, 3.05) is 26.2 Å². The molecule has 1 aromatic rings. The monoisotopic (exact) mass is 379 g/mol. The standard InChI is InChI=1S/C21H30ClNO3/c1-4-25-20(24)18-6-5-17(11-16(18)12-22)26-19-14-23(13-15(2)3)10-9-21(19)7-8-21/h5-6,11,15,19H,4,7-10,12-14H2,1-3H3/t19-/m0/s1. The number of ether oxygens (including phenoxy) is 2. The van der Waals surface area contributed by atoms with Gasteiger partial charge in [-0.3, -0.25) is 4.90 Å². The van der Waals surface area contributed by atoms with E-state index in [1.165, 1.54) is 25.8 Å². The van der Waals surface area contributed by atoms with E-state index in [1.807, 2.05) is 12.1 Å². The maximum Gasteiger partial charge on any atom is 0.338 e. The highest BCUT2D eigenvalue weighted by molar-refractivity contribution is 6.17. The average Bonchev–Trinajstić information content (AvgIpc) is 3.38. The zero-order valence-electron chi connectivity index (χ0n) is 16.1. The lowest BCUT2D eigenvalue weighted by Gasteiger charge is -2.39. The van der Waals surface area contributed by atoms with Crippen molar-refractivity contribution < 1.29 is 14.3 Å². The Kier molecular flexibility index (Phi) is 6.13. The minimum Gasteiger partial charge on any atom is -0.489 e. The molecule has 1 aliphatic heterocycles. The van der Waals surface area contributed by atoms with Crippen LogP contribution in [0.15, 0.2) is 18.2 Å². The molecule has 0 N–H and O–H groups in total. The van der Waals surface area contributed by atoms with Crippen molar-refractivity contribution in [1.82, 2.24) is 4.90 Å². The molecule has 0 amide bonds. The van der Waals surface area contributed by atoms with Gasteiger partial charge in [-0.15, -0.1) is 11.6 Å². The first-order chi connectivity index (χ1) is 12.5. The van der Waals surface area contributed by atoms with Gasteiger partial charge in [-0.1, -0.05) is 13.8 Å². The molecule has 144 valence electrons. The molecule has 2 aliphatic rings. The third-order valence-electron chi connectivity index (χ3n) is 5.54. The van der Waals surface area contributed by atoms with Gasteiger partial charge < -0.3 is 9.47 Å². The zero-order valence-corrected chi connectivity index (χ0v) is 16.8. The maximum atomic E-state index is 12.1. The average molecular weight is 380 g/mol. The minimum atomic E-state index is -0.325. The molecule has 1 atom stereocenters. The summed E-state index contributed by atoms with van der Waals surface area (Å²) in [6, 6.07) is 5.55. The molecule has 1 saturated carbocycles. The smallest absolute Gasteiger partial charge is 0.338 e. The lowest BCUT2D eigenvalue weighted by Crippen LogP contribution is -2.48. The van der Waals surface area contributed by atoms with E-state index in [9.17, 15) is 4.79 Å². The number of carbonyl (C=O) groups excluding carboxylic acids is 1. The Labute approximate surface area is 161 Å². The topological polar surface area (TPSA) is 38.8 Å². The van der Waals surface area contributed by atoms with Gasteiger partial charge in [0.25, 0.3) is 0 Å². The fourth-order valence-electron chi connectivity index (χ4n) is 3.96. The molecule has 0 unspecified atom stereocenters. The molecule has 1 heterocycles. The number of benzene rings is 1. The van der Waals surface area contributed by atoms with Crippen LogP contribution in [0.3, 0.4) is 0 Å². The quantitative estimate of drug-likeness (QED) is 0.516. The fourth-order valence-corrected chi connectivity index (χ4v) is 4.19. The van der Waals surface area contributed by atoms with Gasteiger partial charge in [0.2, 0.25) is 0 Å². The molecule has 0 radical (unpaired) electrons. The molecule has 0 bridgehead atoms. The molecule has 1 aromatic carbocycles. The second-order valence-corrected chi connectivity index (χ2v) is 8.31. The first kappa shape index (κ1) is 19.5. The van der Waals surface area contributed by atoms with Crippen LogP contribution in [0, 0.1) is 11.3 Å². The predicted octanol–water partition coefficient (Wildman–Crippen LogP) is 4.49. The number of rotatable bonds is 7. The van der Waals surface area contributed by atoms with Crippen LogP contribution >= 0.6 is 11.6 Å². The number of hydrogen-bond donors (Lipinski definition) is 0. The summed E-state index contributed by atoms with van der Waals surface area (Å²) in [4.78, 5) is 14.6. The number of carbonyl (C=O) groups is 1. The molecule has 1 aliphatic carbocycles. The van der Waals surface area contributed by atoms with Crippen LogP contribution in [0.25, 0.3) is 0 Å². The second-order valence-electron chi connectivity index (χ2n) is 8.05. The van der Waals surface area contributed by atoms with E-state index in [1.54, 1.807) is 13.0 Å². The van der Waals surface area contributed by atoms with Crippen LogP contribution < -0.4 is 4.74 Å². The van der Waals surface area contributed by atoms with Gasteiger partial charge in [-0.05, 0) is 62.4 Å². The summed E-state index contributed by atoms with van der Waals surface area (Å²) < 4.78 is 11.5. The Morgan fingerprint density at radius 2 is 2.12 bits per heavy atom. The van der Waals surface area contributed by atoms with Crippen molar-refractivity contribution in [3.05, 3.63) is 29.3 Å². The number of hydrogen-bond acceptors (Lipinski definition) is 4. The van der Waals surface area contributed by atoms with Crippen molar-refractivity contribution >= 4 is 17.6 Å². The predicted molar refractivity (Wildman–Crippen MR) is 104 cm³/mol. The third-order valence-corrected chi connectivity index (χ3v) is 5.83. The number of likely N-dealkylation sites (tertiary alicyclic amines) is 1. The Bertz CT molecular complexity index is 642. The lowest BCUT2D eigenvalue weighted by molar-refractivity contribution is 0.0216. The fraction of sp³-hybridized carbons (Fsp3) is 0.667. The van der Waals surface area contributed by atoms with Crippen molar-refractivity contribution in [3.63, 3.8) is 0 Å². The maximum absolute atomic E-state index is 12.1. The van der Waals surface area contributed by atoms with Crippen LogP contribution in [0.5, 0.6) is 5.75 Å². The molecule has 0 aromatic heterocycles. The Hall–Kier alpha value is -1.26. The molecule has 1 saturated heterocycles. The Morgan fingerprint density at radius 1 is 1.35 bits per heavy atom. The molecular weight excluding hydrogens is 350 g/mol. The van der Waals surface area contributed by atoms with Crippen LogP contribution in [0.1, 0.15) is 56.0 Å². The molecule has 4 nitrogen and oxygen atoms in total. The molecule has 1 spiro atoms. The summed E-state index contributed by atoms with van der Waals surface area (Å²) in [5, 5.41) is 0. The molecule has 2 fully saturated rings. The summed E-state index contributed by atoms with van der Waals surface area (Å²) >= 11 is 6.07. The van der Waals surface area contributed by atoms with E-state index in [0.29, 0.717) is 23.5 Å². The van der Waals surface area contributed by atoms with Crippen molar-refractivity contribution in [1.29, 1.82) is 0 Å². The number of piperidine rings is 1. The first-order valence-electron chi connectivity index (χ1n) is 9.72. The summed E-state index contributed by atoms with van der Waals surface area (Å²) in [6.45, 7) is 9.95. The summed E-state index contributed by atoms with van der Waals surface area (Å²) in [5.74, 6) is 1.40. The van der Waals surface area contributed by atoms with E-state index < -0.39 is 0 Å². The summed E-state index contributed by atoms with van der Waals surface area (Å²) in [7, 11) is 0. The second kappa shape index (κ2) is 8.18. The SMILES string of the molecule is CCOC(=O)c1ccc(O[C@H]2CN(CC(C)C)CCC23CC3)cc1CCl. The van der Waals surface area contributed by atoms with E-state index in [-0.39, 0.29) is 18.0 Å². The van der Waals surface area contributed by atoms with Gasteiger partial charge in [0.1, 0.15) is 11.9 Å². The van der Waals surface area contributed by atoms with Gasteiger partial charge in [0.15, 0.2) is 0 Å². The Morgan fingerprint density at radius 3 is 2.73 bits per heavy atom. The zero-order chi connectivity index (χ0) is 18.7. The first-order valence-corrected chi connectivity index (χ1v) is 10.3. The lowest BCUT2D eigenvalue weighted by atomic mass is 9.90. The van der Waals surface area contributed by atoms with E-state index in [0.717, 1.165) is 24.4 Å². The van der Waals surface area contributed by atoms with Crippen LogP contribution in [0.2, 0.25) is 0 Å². The van der Waals surface area contributed by atoms with Gasteiger partial charge in [0, 0.05) is 24.4 Å². The molecule has 5 heteroatoms. The highest BCUT2D eigenvalue weighted by atomic mass is 35.5. The number of alkyl halides is 1. The van der Waals surface area contributed by atoms with Gasteiger partial charge in [-0.2, -0.15) is 0 Å².